The summed E-state index contributed by atoms with van der Waals surface area (Å²) in [7, 11) is 0. The van der Waals surface area contributed by atoms with E-state index < -0.39 is 23.7 Å². The maximum Gasteiger partial charge on any atom is 0.408 e. The summed E-state index contributed by atoms with van der Waals surface area (Å²) in [5.74, 6) is 0.631. The van der Waals surface area contributed by atoms with Gasteiger partial charge in [-0.3, -0.25) is 0 Å². The van der Waals surface area contributed by atoms with E-state index in [4.69, 9.17) is 4.74 Å². The molecule has 8 heteroatoms. The summed E-state index contributed by atoms with van der Waals surface area (Å²) < 4.78 is 44.8. The number of carbonyl (C=O) groups is 1. The average Bonchev–Trinajstić information content (AvgIpc) is 3.32. The van der Waals surface area contributed by atoms with Gasteiger partial charge in [0.1, 0.15) is 12.4 Å². The Morgan fingerprint density at radius 1 is 1.33 bits per heavy atom. The van der Waals surface area contributed by atoms with E-state index in [-0.39, 0.29) is 32.3 Å². The highest BCUT2D eigenvalue weighted by atomic mass is 19.4. The maximum absolute atomic E-state index is 13.2. The second kappa shape index (κ2) is 7.62. The second-order valence-corrected chi connectivity index (χ2v) is 7.00. The van der Waals surface area contributed by atoms with Gasteiger partial charge in [0.15, 0.2) is 0 Å². The summed E-state index contributed by atoms with van der Waals surface area (Å²) in [6.07, 6.45) is -2.96. The largest absolute Gasteiger partial charge is 0.445 e. The molecule has 1 aliphatic rings. The van der Waals surface area contributed by atoms with Gasteiger partial charge < -0.3 is 15.0 Å². The SMILES string of the molecule is Cc1ncc([C@H](CCC2(C(F)(F)F)CC2)NC(=O)OCc2ccccc2)[nH]1. The van der Waals surface area contributed by atoms with Crippen LogP contribution in [0.15, 0.2) is 36.5 Å². The molecular formula is C19H22F3N3O2. The molecule has 1 amide bonds. The highest BCUT2D eigenvalue weighted by Crippen LogP contribution is 2.61. The smallest absolute Gasteiger partial charge is 0.408 e. The molecule has 27 heavy (non-hydrogen) atoms. The molecule has 3 rings (SSSR count). The number of nitrogens with one attached hydrogen (secondary N) is 2. The number of aryl methyl sites for hydroxylation is 1. The molecule has 5 nitrogen and oxygen atoms in total. The fraction of sp³-hybridized carbons (Fsp3) is 0.474. The van der Waals surface area contributed by atoms with Gasteiger partial charge in [-0.25, -0.2) is 9.78 Å². The Morgan fingerprint density at radius 2 is 2.04 bits per heavy atom. The standard InChI is InChI=1S/C19H22F3N3O2/c1-13-23-11-16(24-13)15(7-8-18(9-10-18)19(20,21)22)25-17(26)27-12-14-5-3-2-4-6-14/h2-6,11,15H,7-10,12H2,1H3,(H,23,24)(H,25,26)/t15-/m0/s1. The van der Waals surface area contributed by atoms with Gasteiger partial charge in [-0.15, -0.1) is 0 Å². The van der Waals surface area contributed by atoms with E-state index in [9.17, 15) is 18.0 Å². The van der Waals surface area contributed by atoms with Gasteiger partial charge in [0.25, 0.3) is 0 Å². The first-order chi connectivity index (χ1) is 12.8. The minimum absolute atomic E-state index is 0.0435. The Kier molecular flexibility index (Phi) is 5.43. The van der Waals surface area contributed by atoms with E-state index >= 15 is 0 Å². The number of H-pyrrole nitrogens is 1. The van der Waals surface area contributed by atoms with Crippen LogP contribution in [0.25, 0.3) is 0 Å². The average molecular weight is 381 g/mol. The lowest BCUT2D eigenvalue weighted by molar-refractivity contribution is -0.189. The minimum Gasteiger partial charge on any atom is -0.445 e. The molecule has 1 atom stereocenters. The van der Waals surface area contributed by atoms with E-state index in [1.165, 1.54) is 6.20 Å². The fourth-order valence-electron chi connectivity index (χ4n) is 3.08. The molecular weight excluding hydrogens is 359 g/mol. The van der Waals surface area contributed by atoms with Crippen molar-refractivity contribution in [3.05, 3.63) is 53.6 Å². The van der Waals surface area contributed by atoms with Crippen LogP contribution in [0.1, 0.15) is 48.8 Å². The van der Waals surface area contributed by atoms with Crippen molar-refractivity contribution in [3.63, 3.8) is 0 Å². The van der Waals surface area contributed by atoms with Gasteiger partial charge in [0, 0.05) is 0 Å². The number of imidazole rings is 1. The number of ether oxygens (including phenoxy) is 1. The summed E-state index contributed by atoms with van der Waals surface area (Å²) in [6, 6.07) is 8.55. The van der Waals surface area contributed by atoms with Crippen LogP contribution >= 0.6 is 0 Å². The Labute approximate surface area is 155 Å². The summed E-state index contributed by atoms with van der Waals surface area (Å²) in [4.78, 5) is 19.2. The van der Waals surface area contributed by atoms with Crippen LogP contribution in [0.4, 0.5) is 18.0 Å². The van der Waals surface area contributed by atoms with Gasteiger partial charge in [0.05, 0.1) is 23.3 Å². The highest BCUT2D eigenvalue weighted by molar-refractivity contribution is 5.67. The zero-order valence-electron chi connectivity index (χ0n) is 15.0. The first-order valence-electron chi connectivity index (χ1n) is 8.84. The van der Waals surface area contributed by atoms with Crippen molar-refractivity contribution >= 4 is 6.09 Å². The van der Waals surface area contributed by atoms with Crippen molar-refractivity contribution < 1.29 is 22.7 Å². The molecule has 0 radical (unpaired) electrons. The lowest BCUT2D eigenvalue weighted by atomic mass is 9.95. The lowest BCUT2D eigenvalue weighted by Gasteiger charge is -2.23. The Morgan fingerprint density at radius 3 is 2.59 bits per heavy atom. The van der Waals surface area contributed by atoms with Crippen LogP contribution in [-0.4, -0.2) is 22.2 Å². The first-order valence-corrected chi connectivity index (χ1v) is 8.84. The number of alkyl halides is 3. The number of aromatic amines is 1. The van der Waals surface area contributed by atoms with Gasteiger partial charge in [-0.1, -0.05) is 30.3 Å². The molecule has 1 heterocycles. The van der Waals surface area contributed by atoms with E-state index in [2.05, 4.69) is 15.3 Å². The van der Waals surface area contributed by atoms with Crippen molar-refractivity contribution in [2.75, 3.05) is 0 Å². The van der Waals surface area contributed by atoms with Crippen LogP contribution in [0.3, 0.4) is 0 Å². The summed E-state index contributed by atoms with van der Waals surface area (Å²) in [5, 5.41) is 2.67. The monoisotopic (exact) mass is 381 g/mol. The van der Waals surface area contributed by atoms with Gasteiger partial charge in [-0.2, -0.15) is 13.2 Å². The number of aromatic nitrogens is 2. The summed E-state index contributed by atoms with van der Waals surface area (Å²) >= 11 is 0. The van der Waals surface area contributed by atoms with Crippen LogP contribution in [0.5, 0.6) is 0 Å². The minimum atomic E-state index is -4.21. The molecule has 1 saturated carbocycles. The Bertz CT molecular complexity index is 770. The van der Waals surface area contributed by atoms with Crippen LogP contribution in [-0.2, 0) is 11.3 Å². The fourth-order valence-corrected chi connectivity index (χ4v) is 3.08. The molecule has 1 aromatic heterocycles. The molecule has 1 fully saturated rings. The van der Waals surface area contributed by atoms with E-state index in [1.807, 2.05) is 30.3 Å². The Hall–Kier alpha value is -2.51. The number of benzene rings is 1. The first kappa shape index (κ1) is 19.3. The van der Waals surface area contributed by atoms with Crippen LogP contribution in [0, 0.1) is 12.3 Å². The third-order valence-corrected chi connectivity index (χ3v) is 4.97. The van der Waals surface area contributed by atoms with Gasteiger partial charge >= 0.3 is 12.3 Å². The second-order valence-electron chi connectivity index (χ2n) is 7.00. The number of carbonyl (C=O) groups excluding carboxylic acids is 1. The normalized spacial score (nSPS) is 16.6. The molecule has 0 saturated heterocycles. The predicted octanol–water partition coefficient (Wildman–Crippen LogP) is 4.81. The molecule has 0 bridgehead atoms. The molecule has 146 valence electrons. The lowest BCUT2D eigenvalue weighted by Crippen LogP contribution is -2.31. The molecule has 1 aromatic carbocycles. The van der Waals surface area contributed by atoms with Crippen molar-refractivity contribution in [2.45, 2.75) is 51.4 Å². The molecule has 0 unspecified atom stereocenters. The topological polar surface area (TPSA) is 67.0 Å². The van der Waals surface area contributed by atoms with E-state index in [0.29, 0.717) is 11.5 Å². The number of nitrogens with zero attached hydrogens (tertiary/aromatic N) is 1. The maximum atomic E-state index is 13.2. The van der Waals surface area contributed by atoms with Crippen molar-refractivity contribution in [3.8, 4) is 0 Å². The molecule has 1 aliphatic carbocycles. The van der Waals surface area contributed by atoms with E-state index in [1.54, 1.807) is 6.92 Å². The number of rotatable bonds is 7. The zero-order chi connectivity index (χ0) is 19.5. The number of halogens is 3. The quantitative estimate of drug-likeness (QED) is 0.723. The van der Waals surface area contributed by atoms with Gasteiger partial charge in [0.2, 0.25) is 0 Å². The Balaban J connectivity index is 1.61. The number of hydrogen-bond acceptors (Lipinski definition) is 3. The number of alkyl carbamates (subject to hydrolysis) is 1. The molecule has 0 spiro atoms. The predicted molar refractivity (Wildman–Crippen MR) is 92.8 cm³/mol. The number of amides is 1. The molecule has 0 aliphatic heterocycles. The molecule has 2 N–H and O–H groups in total. The summed E-state index contributed by atoms with van der Waals surface area (Å²) in [6.45, 7) is 1.83. The zero-order valence-corrected chi connectivity index (χ0v) is 15.0. The van der Waals surface area contributed by atoms with E-state index in [0.717, 1.165) is 5.56 Å². The van der Waals surface area contributed by atoms with Crippen molar-refractivity contribution in [1.29, 1.82) is 0 Å². The van der Waals surface area contributed by atoms with Crippen LogP contribution < -0.4 is 5.32 Å². The third kappa shape index (κ3) is 4.81. The highest BCUT2D eigenvalue weighted by Gasteiger charge is 2.62. The number of hydrogen-bond donors (Lipinski definition) is 2. The van der Waals surface area contributed by atoms with Crippen molar-refractivity contribution in [1.82, 2.24) is 15.3 Å². The van der Waals surface area contributed by atoms with Gasteiger partial charge in [-0.05, 0) is 38.2 Å². The van der Waals surface area contributed by atoms with Crippen LogP contribution in [0.2, 0.25) is 0 Å². The summed E-state index contributed by atoms with van der Waals surface area (Å²) in [5.41, 5.74) is -0.214. The molecule has 2 aromatic rings. The van der Waals surface area contributed by atoms with Crippen molar-refractivity contribution in [2.24, 2.45) is 5.41 Å². The third-order valence-electron chi connectivity index (χ3n) is 4.97.